The maximum atomic E-state index is 12.5. The third-order valence-corrected chi connectivity index (χ3v) is 6.10. The highest BCUT2D eigenvalue weighted by Gasteiger charge is 2.17. The third-order valence-electron chi connectivity index (χ3n) is 6.10. The van der Waals surface area contributed by atoms with Crippen molar-refractivity contribution in [2.75, 3.05) is 29.9 Å². The number of ether oxygens (including phenoxy) is 1. The Morgan fingerprint density at radius 2 is 1.85 bits per heavy atom. The summed E-state index contributed by atoms with van der Waals surface area (Å²) in [4.78, 5) is 14.8. The molecule has 0 radical (unpaired) electrons. The van der Waals surface area contributed by atoms with E-state index in [2.05, 4.69) is 41.2 Å². The Morgan fingerprint density at radius 3 is 2.58 bits per heavy atom. The van der Waals surface area contributed by atoms with Gasteiger partial charge in [-0.15, -0.1) is 10.2 Å². The molecule has 3 aromatic rings. The van der Waals surface area contributed by atoms with Crippen LogP contribution in [0.15, 0.2) is 60.7 Å². The molecule has 4 rings (SSSR count). The molecule has 1 aliphatic rings. The second kappa shape index (κ2) is 10.5. The van der Waals surface area contributed by atoms with Gasteiger partial charge in [0, 0.05) is 24.3 Å². The first kappa shape index (κ1) is 22.8. The highest BCUT2D eigenvalue weighted by Crippen LogP contribution is 2.26. The van der Waals surface area contributed by atoms with Crippen LogP contribution in [-0.4, -0.2) is 35.8 Å². The SMILES string of the molecule is CC1CCN(c2ccc(-c3cccc(NC(=O)COc4ccccc4C(C)C)c3)nn2)CC1. The predicted molar refractivity (Wildman–Crippen MR) is 133 cm³/mol. The van der Waals surface area contributed by atoms with Crippen LogP contribution in [0.4, 0.5) is 11.5 Å². The van der Waals surface area contributed by atoms with E-state index in [0.29, 0.717) is 11.6 Å². The predicted octanol–water partition coefficient (Wildman–Crippen LogP) is 5.52. The Labute approximate surface area is 196 Å². The van der Waals surface area contributed by atoms with Crippen LogP contribution in [0.2, 0.25) is 0 Å². The minimum absolute atomic E-state index is 0.0447. The summed E-state index contributed by atoms with van der Waals surface area (Å²) >= 11 is 0. The molecule has 1 fully saturated rings. The first-order chi connectivity index (χ1) is 16.0. The van der Waals surface area contributed by atoms with E-state index >= 15 is 0 Å². The topological polar surface area (TPSA) is 67.4 Å². The van der Waals surface area contributed by atoms with Crippen molar-refractivity contribution >= 4 is 17.4 Å². The van der Waals surface area contributed by atoms with Crippen LogP contribution in [0.1, 0.15) is 45.1 Å². The van der Waals surface area contributed by atoms with E-state index in [1.807, 2.05) is 60.7 Å². The molecule has 1 saturated heterocycles. The summed E-state index contributed by atoms with van der Waals surface area (Å²) in [6, 6.07) is 19.5. The summed E-state index contributed by atoms with van der Waals surface area (Å²) in [7, 11) is 0. The van der Waals surface area contributed by atoms with Crippen LogP contribution in [0, 0.1) is 5.92 Å². The van der Waals surface area contributed by atoms with Gasteiger partial charge in [0.25, 0.3) is 5.91 Å². The summed E-state index contributed by atoms with van der Waals surface area (Å²) in [5.74, 6) is 2.57. The number of rotatable bonds is 7. The van der Waals surface area contributed by atoms with Crippen LogP contribution in [0.5, 0.6) is 5.75 Å². The van der Waals surface area contributed by atoms with Crippen LogP contribution in [0.25, 0.3) is 11.3 Å². The van der Waals surface area contributed by atoms with Gasteiger partial charge < -0.3 is 15.0 Å². The number of aromatic nitrogens is 2. The lowest BCUT2D eigenvalue weighted by molar-refractivity contribution is -0.118. The number of nitrogens with zero attached hydrogens (tertiary/aromatic N) is 3. The Kier molecular flexibility index (Phi) is 7.23. The van der Waals surface area contributed by atoms with Crippen molar-refractivity contribution in [3.63, 3.8) is 0 Å². The number of nitrogens with one attached hydrogen (secondary N) is 1. The fourth-order valence-corrected chi connectivity index (χ4v) is 4.07. The average molecular weight is 445 g/mol. The molecule has 1 N–H and O–H groups in total. The molecular weight excluding hydrogens is 412 g/mol. The molecule has 6 nitrogen and oxygen atoms in total. The number of hydrogen-bond acceptors (Lipinski definition) is 5. The van der Waals surface area contributed by atoms with Crippen molar-refractivity contribution in [3.8, 4) is 17.0 Å². The average Bonchev–Trinajstić information content (AvgIpc) is 2.84. The van der Waals surface area contributed by atoms with Gasteiger partial charge in [0.15, 0.2) is 12.4 Å². The van der Waals surface area contributed by atoms with Crippen LogP contribution >= 0.6 is 0 Å². The Balaban J connectivity index is 1.37. The fraction of sp³-hybridized carbons (Fsp3) is 0.370. The first-order valence-electron chi connectivity index (χ1n) is 11.7. The van der Waals surface area contributed by atoms with E-state index in [-0.39, 0.29) is 12.5 Å². The van der Waals surface area contributed by atoms with Crippen molar-refractivity contribution in [3.05, 3.63) is 66.2 Å². The molecule has 1 amide bonds. The number of carbonyl (C=O) groups excluding carboxylic acids is 1. The molecule has 33 heavy (non-hydrogen) atoms. The normalized spacial score (nSPS) is 14.4. The fourth-order valence-electron chi connectivity index (χ4n) is 4.07. The second-order valence-electron chi connectivity index (χ2n) is 9.06. The molecule has 6 heteroatoms. The lowest BCUT2D eigenvalue weighted by atomic mass is 9.99. The minimum atomic E-state index is -0.202. The Morgan fingerprint density at radius 1 is 1.06 bits per heavy atom. The first-order valence-corrected chi connectivity index (χ1v) is 11.7. The summed E-state index contributed by atoms with van der Waals surface area (Å²) < 4.78 is 5.79. The van der Waals surface area contributed by atoms with Gasteiger partial charge in [-0.3, -0.25) is 4.79 Å². The smallest absolute Gasteiger partial charge is 0.262 e. The number of anilines is 2. The van der Waals surface area contributed by atoms with Gasteiger partial charge in [-0.2, -0.15) is 0 Å². The van der Waals surface area contributed by atoms with E-state index in [1.165, 1.54) is 12.8 Å². The van der Waals surface area contributed by atoms with Gasteiger partial charge in [0.05, 0.1) is 5.69 Å². The molecule has 0 aliphatic carbocycles. The van der Waals surface area contributed by atoms with Crippen molar-refractivity contribution in [1.29, 1.82) is 0 Å². The highest BCUT2D eigenvalue weighted by molar-refractivity contribution is 5.92. The molecule has 0 unspecified atom stereocenters. The minimum Gasteiger partial charge on any atom is -0.483 e. The summed E-state index contributed by atoms with van der Waals surface area (Å²) in [5, 5.41) is 11.8. The molecule has 1 aliphatic heterocycles. The molecule has 0 bridgehead atoms. The van der Waals surface area contributed by atoms with Crippen molar-refractivity contribution in [1.82, 2.24) is 10.2 Å². The second-order valence-corrected chi connectivity index (χ2v) is 9.06. The lowest BCUT2D eigenvalue weighted by Gasteiger charge is -2.30. The van der Waals surface area contributed by atoms with Gasteiger partial charge in [-0.1, -0.05) is 51.1 Å². The number of piperidine rings is 1. The quantitative estimate of drug-likeness (QED) is 0.520. The van der Waals surface area contributed by atoms with Crippen molar-refractivity contribution in [2.45, 2.75) is 39.5 Å². The summed E-state index contributed by atoms with van der Waals surface area (Å²) in [6.45, 7) is 8.53. The zero-order valence-electron chi connectivity index (χ0n) is 19.6. The molecule has 0 saturated carbocycles. The van der Waals surface area contributed by atoms with Gasteiger partial charge in [-0.25, -0.2) is 0 Å². The number of benzene rings is 2. The Hall–Kier alpha value is -3.41. The summed E-state index contributed by atoms with van der Waals surface area (Å²) in [5.41, 5.74) is 3.48. The molecule has 0 atom stereocenters. The van der Waals surface area contributed by atoms with Crippen molar-refractivity contribution < 1.29 is 9.53 Å². The van der Waals surface area contributed by atoms with Crippen LogP contribution in [0.3, 0.4) is 0 Å². The molecule has 2 aromatic carbocycles. The molecular formula is C27H32N4O2. The maximum Gasteiger partial charge on any atom is 0.262 e. The Bertz CT molecular complexity index is 1070. The van der Waals surface area contributed by atoms with E-state index in [9.17, 15) is 4.79 Å². The molecule has 2 heterocycles. The van der Waals surface area contributed by atoms with Crippen LogP contribution < -0.4 is 15.0 Å². The number of hydrogen-bond donors (Lipinski definition) is 1. The van der Waals surface area contributed by atoms with E-state index in [4.69, 9.17) is 4.74 Å². The maximum absolute atomic E-state index is 12.5. The number of carbonyl (C=O) groups is 1. The van der Waals surface area contributed by atoms with E-state index < -0.39 is 0 Å². The third kappa shape index (κ3) is 5.89. The lowest BCUT2D eigenvalue weighted by Crippen LogP contribution is -2.33. The number of para-hydroxylation sites is 1. The van der Waals surface area contributed by atoms with Gasteiger partial charge in [-0.05, 0) is 60.6 Å². The van der Waals surface area contributed by atoms with E-state index in [0.717, 1.165) is 47.4 Å². The summed E-state index contributed by atoms with van der Waals surface area (Å²) in [6.07, 6.45) is 2.38. The standard InChI is InChI=1S/C27H32N4O2/c1-19(2)23-9-4-5-10-25(23)33-18-27(32)28-22-8-6-7-21(17-22)24-11-12-26(30-29-24)31-15-13-20(3)14-16-31/h4-12,17,19-20H,13-16,18H2,1-3H3,(H,28,32). The molecule has 1 aromatic heterocycles. The van der Waals surface area contributed by atoms with Gasteiger partial charge in [0.1, 0.15) is 5.75 Å². The number of amides is 1. The zero-order chi connectivity index (χ0) is 23.2. The van der Waals surface area contributed by atoms with Crippen LogP contribution in [-0.2, 0) is 4.79 Å². The zero-order valence-corrected chi connectivity index (χ0v) is 19.6. The largest absolute Gasteiger partial charge is 0.483 e. The van der Waals surface area contributed by atoms with Gasteiger partial charge >= 0.3 is 0 Å². The highest BCUT2D eigenvalue weighted by atomic mass is 16.5. The molecule has 172 valence electrons. The monoisotopic (exact) mass is 444 g/mol. The van der Waals surface area contributed by atoms with E-state index in [1.54, 1.807) is 0 Å². The molecule has 0 spiro atoms. The van der Waals surface area contributed by atoms with Crippen molar-refractivity contribution in [2.24, 2.45) is 5.92 Å². The van der Waals surface area contributed by atoms with Gasteiger partial charge in [0.2, 0.25) is 0 Å².